The van der Waals surface area contributed by atoms with Gasteiger partial charge in [0.15, 0.2) is 5.76 Å². The number of nitrogens with one attached hydrogen (secondary N) is 1. The third-order valence-corrected chi connectivity index (χ3v) is 2.71. The highest BCUT2D eigenvalue weighted by atomic mass is 35.5. The minimum Gasteiger partial charge on any atom is -0.459 e. The van der Waals surface area contributed by atoms with Crippen LogP contribution in [0.2, 0.25) is 5.02 Å². The van der Waals surface area contributed by atoms with Crippen LogP contribution in [-0.2, 0) is 0 Å². The molecule has 0 aliphatic carbocycles. The lowest BCUT2D eigenvalue weighted by Gasteiger charge is -2.12. The Labute approximate surface area is 109 Å². The zero-order valence-electron chi connectivity index (χ0n) is 9.26. The summed E-state index contributed by atoms with van der Waals surface area (Å²) in [6.45, 7) is 0. The van der Waals surface area contributed by atoms with Gasteiger partial charge in [-0.1, -0.05) is 29.8 Å². The lowest BCUT2D eigenvalue weighted by Crippen LogP contribution is -2.27. The second kappa shape index (κ2) is 5.39. The molecule has 0 saturated heterocycles. The molecule has 4 nitrogen and oxygen atoms in total. The second-order valence-corrected chi connectivity index (χ2v) is 3.94. The normalized spacial score (nSPS) is 11.6. The summed E-state index contributed by atoms with van der Waals surface area (Å²) >= 11 is 5.98. The number of benzene rings is 1. The maximum absolute atomic E-state index is 11.8. The van der Waals surface area contributed by atoms with E-state index >= 15 is 0 Å². The van der Waals surface area contributed by atoms with Crippen molar-refractivity contribution in [2.45, 2.75) is 6.04 Å². The first kappa shape index (κ1) is 12.2. The molecule has 1 aromatic carbocycles. The van der Waals surface area contributed by atoms with Gasteiger partial charge in [0, 0.05) is 10.6 Å². The molecule has 2 rings (SSSR count). The van der Waals surface area contributed by atoms with Gasteiger partial charge in [-0.3, -0.25) is 4.79 Å². The molecule has 0 fully saturated rings. The Kier molecular flexibility index (Phi) is 3.66. The number of amides is 1. The van der Waals surface area contributed by atoms with Gasteiger partial charge >= 0.3 is 0 Å². The van der Waals surface area contributed by atoms with Crippen LogP contribution in [0.15, 0.2) is 47.1 Å². The van der Waals surface area contributed by atoms with Gasteiger partial charge in [0.25, 0.3) is 5.91 Å². The van der Waals surface area contributed by atoms with Gasteiger partial charge in [-0.15, -0.1) is 0 Å². The highest BCUT2D eigenvalue weighted by molar-refractivity contribution is 6.31. The third-order valence-electron chi connectivity index (χ3n) is 2.37. The van der Waals surface area contributed by atoms with E-state index in [0.717, 1.165) is 0 Å². The highest BCUT2D eigenvalue weighted by Crippen LogP contribution is 2.22. The Bertz CT molecular complexity index is 587. The summed E-state index contributed by atoms with van der Waals surface area (Å²) in [6, 6.07) is 11.2. The average Bonchev–Trinajstić information content (AvgIpc) is 2.90. The molecule has 0 radical (unpaired) electrons. The van der Waals surface area contributed by atoms with Crippen LogP contribution in [0.1, 0.15) is 22.2 Å². The van der Waals surface area contributed by atoms with Crippen LogP contribution >= 0.6 is 11.6 Å². The van der Waals surface area contributed by atoms with Gasteiger partial charge in [0.2, 0.25) is 0 Å². The molecule has 90 valence electrons. The Morgan fingerprint density at radius 3 is 2.72 bits per heavy atom. The number of hydrogen-bond donors (Lipinski definition) is 1. The van der Waals surface area contributed by atoms with E-state index in [-0.39, 0.29) is 5.76 Å². The molecule has 0 bridgehead atoms. The number of rotatable bonds is 3. The van der Waals surface area contributed by atoms with Crippen molar-refractivity contribution in [1.29, 1.82) is 5.26 Å². The number of furan rings is 1. The van der Waals surface area contributed by atoms with Crippen molar-refractivity contribution in [2.75, 3.05) is 0 Å². The number of nitrogens with zero attached hydrogens (tertiary/aromatic N) is 1. The smallest absolute Gasteiger partial charge is 0.288 e. The second-order valence-electron chi connectivity index (χ2n) is 3.53. The minimum atomic E-state index is -0.809. The zero-order valence-corrected chi connectivity index (χ0v) is 10.0. The maximum atomic E-state index is 11.8. The van der Waals surface area contributed by atoms with Crippen molar-refractivity contribution in [3.63, 3.8) is 0 Å². The molecule has 0 aliphatic heterocycles. The number of carbonyl (C=O) groups is 1. The Morgan fingerprint density at radius 2 is 2.11 bits per heavy atom. The molecule has 0 saturated carbocycles. The number of halogens is 1. The number of nitriles is 1. The summed E-state index contributed by atoms with van der Waals surface area (Å²) in [5.41, 5.74) is 0.557. The largest absolute Gasteiger partial charge is 0.459 e. The molecule has 1 atom stereocenters. The molecule has 0 spiro atoms. The standard InChI is InChI=1S/C13H9ClN2O2/c14-10-5-2-1-4-9(10)11(8-15)16-13(17)12-6-3-7-18-12/h1-7,11H,(H,16,17). The average molecular weight is 261 g/mol. The topological polar surface area (TPSA) is 66.0 Å². The van der Waals surface area contributed by atoms with Gasteiger partial charge in [-0.05, 0) is 18.2 Å². The fourth-order valence-corrected chi connectivity index (χ4v) is 1.74. The summed E-state index contributed by atoms with van der Waals surface area (Å²) in [7, 11) is 0. The van der Waals surface area contributed by atoms with E-state index in [0.29, 0.717) is 10.6 Å². The molecular formula is C13H9ClN2O2. The quantitative estimate of drug-likeness (QED) is 0.923. The van der Waals surface area contributed by atoms with Crippen LogP contribution in [-0.4, -0.2) is 5.91 Å². The fourth-order valence-electron chi connectivity index (χ4n) is 1.50. The van der Waals surface area contributed by atoms with Gasteiger partial charge in [0.05, 0.1) is 12.3 Å². The minimum absolute atomic E-state index is 0.155. The first-order valence-electron chi connectivity index (χ1n) is 5.21. The Hall–Kier alpha value is -2.25. The summed E-state index contributed by atoms with van der Waals surface area (Å²) < 4.78 is 4.95. The summed E-state index contributed by atoms with van der Waals surface area (Å²) in [6.07, 6.45) is 1.39. The lowest BCUT2D eigenvalue weighted by atomic mass is 10.1. The van der Waals surface area contributed by atoms with Crippen molar-refractivity contribution >= 4 is 17.5 Å². The molecule has 0 aliphatic rings. The van der Waals surface area contributed by atoms with Crippen molar-refractivity contribution in [3.8, 4) is 6.07 Å². The number of hydrogen-bond acceptors (Lipinski definition) is 3. The molecule has 5 heteroatoms. The lowest BCUT2D eigenvalue weighted by molar-refractivity contribution is 0.0917. The van der Waals surface area contributed by atoms with E-state index < -0.39 is 11.9 Å². The van der Waals surface area contributed by atoms with Crippen molar-refractivity contribution in [1.82, 2.24) is 5.32 Å². The van der Waals surface area contributed by atoms with E-state index in [1.165, 1.54) is 12.3 Å². The van der Waals surface area contributed by atoms with Crippen LogP contribution in [0.4, 0.5) is 0 Å². The molecule has 1 N–H and O–H groups in total. The van der Waals surface area contributed by atoms with Gasteiger partial charge in [-0.2, -0.15) is 5.26 Å². The van der Waals surface area contributed by atoms with Gasteiger partial charge in [-0.25, -0.2) is 0 Å². The van der Waals surface area contributed by atoms with Crippen LogP contribution < -0.4 is 5.32 Å². The van der Waals surface area contributed by atoms with Crippen molar-refractivity contribution in [3.05, 3.63) is 59.0 Å². The summed E-state index contributed by atoms with van der Waals surface area (Å²) in [5.74, 6) is -0.297. The van der Waals surface area contributed by atoms with E-state index in [9.17, 15) is 4.79 Å². The molecule has 2 aromatic rings. The third kappa shape index (κ3) is 2.53. The Balaban J connectivity index is 2.19. The monoisotopic (exact) mass is 260 g/mol. The molecule has 1 heterocycles. The molecule has 1 aromatic heterocycles. The van der Waals surface area contributed by atoms with Crippen LogP contribution in [0.25, 0.3) is 0 Å². The first-order chi connectivity index (χ1) is 8.72. The molecule has 1 unspecified atom stereocenters. The first-order valence-corrected chi connectivity index (χ1v) is 5.58. The van der Waals surface area contributed by atoms with Gasteiger partial charge < -0.3 is 9.73 Å². The predicted octanol–water partition coefficient (Wildman–Crippen LogP) is 2.93. The van der Waals surface area contributed by atoms with E-state index in [1.807, 2.05) is 6.07 Å². The van der Waals surface area contributed by atoms with E-state index in [4.69, 9.17) is 21.3 Å². The maximum Gasteiger partial charge on any atom is 0.288 e. The summed E-state index contributed by atoms with van der Waals surface area (Å²) in [5, 5.41) is 12.1. The van der Waals surface area contributed by atoms with Crippen molar-refractivity contribution < 1.29 is 9.21 Å². The van der Waals surface area contributed by atoms with Crippen LogP contribution in [0.3, 0.4) is 0 Å². The zero-order chi connectivity index (χ0) is 13.0. The van der Waals surface area contributed by atoms with Crippen LogP contribution in [0.5, 0.6) is 0 Å². The summed E-state index contributed by atoms with van der Waals surface area (Å²) in [4.78, 5) is 11.8. The molecule has 18 heavy (non-hydrogen) atoms. The SMILES string of the molecule is N#CC(NC(=O)c1ccco1)c1ccccc1Cl. The molecular weight excluding hydrogens is 252 g/mol. The molecule has 1 amide bonds. The Morgan fingerprint density at radius 1 is 1.33 bits per heavy atom. The van der Waals surface area contributed by atoms with E-state index in [1.54, 1.807) is 30.3 Å². The fraction of sp³-hybridized carbons (Fsp3) is 0.0769. The van der Waals surface area contributed by atoms with Gasteiger partial charge in [0.1, 0.15) is 6.04 Å². The van der Waals surface area contributed by atoms with Crippen molar-refractivity contribution in [2.24, 2.45) is 0 Å². The van der Waals surface area contributed by atoms with Crippen LogP contribution in [0, 0.1) is 11.3 Å². The number of carbonyl (C=O) groups excluding carboxylic acids is 1. The van der Waals surface area contributed by atoms with E-state index in [2.05, 4.69) is 5.32 Å². The highest BCUT2D eigenvalue weighted by Gasteiger charge is 2.18. The predicted molar refractivity (Wildman–Crippen MR) is 66.0 cm³/mol.